The molecule has 2 rings (SSSR count). The quantitative estimate of drug-likeness (QED) is 0.710. The molecule has 3 heteroatoms. The van der Waals surface area contributed by atoms with Crippen LogP contribution < -0.4 is 9.47 Å². The van der Waals surface area contributed by atoms with E-state index in [1.54, 1.807) is 0 Å². The van der Waals surface area contributed by atoms with Gasteiger partial charge in [-0.05, 0) is 18.4 Å². The Labute approximate surface area is 89.0 Å². The third-order valence-corrected chi connectivity index (χ3v) is 2.74. The highest BCUT2D eigenvalue weighted by Crippen LogP contribution is 2.40. The number of carbonyl (C=O) groups excluding carboxylic acids is 1. The Morgan fingerprint density at radius 1 is 1.47 bits per heavy atom. The van der Waals surface area contributed by atoms with Crippen molar-refractivity contribution in [2.75, 3.05) is 6.79 Å². The first kappa shape index (κ1) is 10.0. The fourth-order valence-electron chi connectivity index (χ4n) is 1.90. The number of hydrogen-bond donors (Lipinski definition) is 0. The van der Waals surface area contributed by atoms with Gasteiger partial charge in [-0.3, -0.25) is 0 Å². The Morgan fingerprint density at radius 3 is 3.07 bits per heavy atom. The largest absolute Gasteiger partial charge is 0.454 e. The van der Waals surface area contributed by atoms with E-state index in [9.17, 15) is 4.79 Å². The van der Waals surface area contributed by atoms with Gasteiger partial charge in [0.05, 0.1) is 0 Å². The summed E-state index contributed by atoms with van der Waals surface area (Å²) < 4.78 is 10.7. The molecule has 80 valence electrons. The van der Waals surface area contributed by atoms with Crippen molar-refractivity contribution in [1.82, 2.24) is 0 Å². The van der Waals surface area contributed by atoms with Gasteiger partial charge >= 0.3 is 0 Å². The predicted molar refractivity (Wildman–Crippen MR) is 56.3 cm³/mol. The van der Waals surface area contributed by atoms with Crippen LogP contribution in [0.3, 0.4) is 0 Å². The monoisotopic (exact) mass is 206 g/mol. The lowest BCUT2D eigenvalue weighted by Gasteiger charge is -2.14. The van der Waals surface area contributed by atoms with Gasteiger partial charge in [0.25, 0.3) is 0 Å². The summed E-state index contributed by atoms with van der Waals surface area (Å²) in [6.45, 7) is 2.35. The van der Waals surface area contributed by atoms with E-state index < -0.39 is 0 Å². The van der Waals surface area contributed by atoms with Crippen LogP contribution in [0.4, 0.5) is 0 Å². The van der Waals surface area contributed by atoms with Crippen molar-refractivity contribution in [1.29, 1.82) is 0 Å². The lowest BCUT2D eigenvalue weighted by Crippen LogP contribution is -2.00. The van der Waals surface area contributed by atoms with Crippen molar-refractivity contribution >= 4 is 6.29 Å². The lowest BCUT2D eigenvalue weighted by molar-refractivity contribution is -0.108. The first-order chi connectivity index (χ1) is 7.36. The van der Waals surface area contributed by atoms with Gasteiger partial charge in [0.1, 0.15) is 6.29 Å². The van der Waals surface area contributed by atoms with Crippen molar-refractivity contribution in [3.8, 4) is 11.5 Å². The van der Waals surface area contributed by atoms with Crippen molar-refractivity contribution < 1.29 is 14.3 Å². The molecular formula is C12H14O3. The second-order valence-electron chi connectivity index (χ2n) is 3.59. The van der Waals surface area contributed by atoms with Crippen LogP contribution in [0.15, 0.2) is 18.2 Å². The molecule has 0 saturated heterocycles. The van der Waals surface area contributed by atoms with Crippen LogP contribution in [-0.4, -0.2) is 13.1 Å². The zero-order chi connectivity index (χ0) is 10.7. The van der Waals surface area contributed by atoms with Crippen molar-refractivity contribution in [2.45, 2.75) is 25.7 Å². The molecule has 0 amide bonds. The first-order valence-electron chi connectivity index (χ1n) is 5.19. The number of para-hydroxylation sites is 1. The standard InChI is InChI=1S/C12H14O3/c1-2-9(6-7-13)10-4-3-5-11-12(10)15-8-14-11/h3-5,7,9H,2,6,8H2,1H3. The molecule has 0 saturated carbocycles. The molecule has 1 aromatic rings. The van der Waals surface area contributed by atoms with Gasteiger partial charge < -0.3 is 14.3 Å². The SMILES string of the molecule is CCC(CC=O)c1cccc2c1OCO2. The Hall–Kier alpha value is -1.51. The summed E-state index contributed by atoms with van der Waals surface area (Å²) in [5.74, 6) is 1.84. The number of carbonyl (C=O) groups is 1. The molecule has 3 nitrogen and oxygen atoms in total. The maximum absolute atomic E-state index is 10.6. The molecule has 15 heavy (non-hydrogen) atoms. The van der Waals surface area contributed by atoms with Gasteiger partial charge in [-0.15, -0.1) is 0 Å². The van der Waals surface area contributed by atoms with Crippen LogP contribution in [0, 0.1) is 0 Å². The van der Waals surface area contributed by atoms with Crippen LogP contribution in [-0.2, 0) is 4.79 Å². The first-order valence-corrected chi connectivity index (χ1v) is 5.19. The number of hydrogen-bond acceptors (Lipinski definition) is 3. The molecule has 1 heterocycles. The maximum Gasteiger partial charge on any atom is 0.231 e. The number of rotatable bonds is 4. The zero-order valence-corrected chi connectivity index (χ0v) is 8.73. The molecule has 0 N–H and O–H groups in total. The van der Waals surface area contributed by atoms with E-state index in [1.165, 1.54) is 0 Å². The van der Waals surface area contributed by atoms with Crippen LogP contribution >= 0.6 is 0 Å². The van der Waals surface area contributed by atoms with Crippen LogP contribution in [0.25, 0.3) is 0 Å². The van der Waals surface area contributed by atoms with E-state index in [4.69, 9.17) is 9.47 Å². The second kappa shape index (κ2) is 4.34. The normalized spacial score (nSPS) is 15.0. The Bertz CT molecular complexity index is 360. The summed E-state index contributed by atoms with van der Waals surface area (Å²) in [5.41, 5.74) is 1.08. The highest BCUT2D eigenvalue weighted by atomic mass is 16.7. The molecule has 1 aromatic carbocycles. The highest BCUT2D eigenvalue weighted by Gasteiger charge is 2.21. The fourth-order valence-corrected chi connectivity index (χ4v) is 1.90. The minimum Gasteiger partial charge on any atom is -0.454 e. The lowest BCUT2D eigenvalue weighted by atomic mass is 9.93. The summed E-state index contributed by atoms with van der Waals surface area (Å²) >= 11 is 0. The Kier molecular flexibility index (Phi) is 2.90. The predicted octanol–water partition coefficient (Wildman–Crippen LogP) is 2.50. The number of ether oxygens (including phenoxy) is 2. The highest BCUT2D eigenvalue weighted by molar-refractivity contribution is 5.55. The summed E-state index contributed by atoms with van der Waals surface area (Å²) in [5, 5.41) is 0. The molecule has 1 aliphatic rings. The smallest absolute Gasteiger partial charge is 0.231 e. The molecule has 0 radical (unpaired) electrons. The van der Waals surface area contributed by atoms with E-state index in [0.717, 1.165) is 29.8 Å². The summed E-state index contributed by atoms with van der Waals surface area (Å²) in [7, 11) is 0. The third kappa shape index (κ3) is 1.82. The van der Waals surface area contributed by atoms with E-state index >= 15 is 0 Å². The van der Waals surface area contributed by atoms with Gasteiger partial charge in [-0.2, -0.15) is 0 Å². The summed E-state index contributed by atoms with van der Waals surface area (Å²) in [6, 6.07) is 5.83. The Morgan fingerprint density at radius 2 is 2.33 bits per heavy atom. The fraction of sp³-hybridized carbons (Fsp3) is 0.417. The van der Waals surface area contributed by atoms with Crippen LogP contribution in [0.1, 0.15) is 31.2 Å². The van der Waals surface area contributed by atoms with E-state index in [0.29, 0.717) is 6.42 Å². The molecule has 0 fully saturated rings. The number of aldehydes is 1. The van der Waals surface area contributed by atoms with E-state index in [-0.39, 0.29) is 12.7 Å². The maximum atomic E-state index is 10.6. The minimum absolute atomic E-state index is 0.235. The minimum atomic E-state index is 0.235. The number of benzene rings is 1. The van der Waals surface area contributed by atoms with E-state index in [1.807, 2.05) is 18.2 Å². The van der Waals surface area contributed by atoms with Crippen LogP contribution in [0.2, 0.25) is 0 Å². The summed E-state index contributed by atoms with van der Waals surface area (Å²) in [4.78, 5) is 10.6. The average Bonchev–Trinajstić information content (AvgIpc) is 2.73. The summed E-state index contributed by atoms with van der Waals surface area (Å²) in [6.07, 6.45) is 2.43. The molecule has 0 aromatic heterocycles. The molecule has 0 aliphatic carbocycles. The van der Waals surface area contributed by atoms with Crippen molar-refractivity contribution in [2.24, 2.45) is 0 Å². The van der Waals surface area contributed by atoms with Gasteiger partial charge in [-0.25, -0.2) is 0 Å². The molecule has 1 atom stereocenters. The molecule has 1 aliphatic heterocycles. The molecule has 0 bridgehead atoms. The van der Waals surface area contributed by atoms with Gasteiger partial charge in [0, 0.05) is 12.0 Å². The van der Waals surface area contributed by atoms with Gasteiger partial charge in [0.15, 0.2) is 11.5 Å². The molecular weight excluding hydrogens is 192 g/mol. The zero-order valence-electron chi connectivity index (χ0n) is 8.73. The van der Waals surface area contributed by atoms with Crippen molar-refractivity contribution in [3.05, 3.63) is 23.8 Å². The average molecular weight is 206 g/mol. The second-order valence-corrected chi connectivity index (χ2v) is 3.59. The van der Waals surface area contributed by atoms with Crippen LogP contribution in [0.5, 0.6) is 11.5 Å². The van der Waals surface area contributed by atoms with E-state index in [2.05, 4.69) is 6.92 Å². The Balaban J connectivity index is 2.34. The molecule has 0 spiro atoms. The third-order valence-electron chi connectivity index (χ3n) is 2.74. The molecule has 1 unspecified atom stereocenters. The topological polar surface area (TPSA) is 35.5 Å². The number of fused-ring (bicyclic) bond motifs is 1. The van der Waals surface area contributed by atoms with Gasteiger partial charge in [0.2, 0.25) is 6.79 Å². The van der Waals surface area contributed by atoms with Crippen molar-refractivity contribution in [3.63, 3.8) is 0 Å². The van der Waals surface area contributed by atoms with Gasteiger partial charge in [-0.1, -0.05) is 19.1 Å².